The highest BCUT2D eigenvalue weighted by Gasteiger charge is 2.50. The van der Waals surface area contributed by atoms with E-state index < -0.39 is 29.4 Å². The van der Waals surface area contributed by atoms with Crippen LogP contribution >= 0.6 is 0 Å². The number of hydrogen-bond donors (Lipinski definition) is 2. The number of nitrogens with zero attached hydrogens (tertiary/aromatic N) is 2. The molecule has 144 valence electrons. The smallest absolute Gasteiger partial charge is 0.284 e. The second-order valence-corrected chi connectivity index (χ2v) is 6.95. The molecule has 1 unspecified atom stereocenters. The topological polar surface area (TPSA) is 99.1 Å². The molecule has 2 aromatic carbocycles. The van der Waals surface area contributed by atoms with E-state index in [1.54, 1.807) is 30.3 Å². The van der Waals surface area contributed by atoms with E-state index in [0.717, 1.165) is 27.2 Å². The van der Waals surface area contributed by atoms with E-state index in [1.807, 2.05) is 33.8 Å². The SMILES string of the molecule is Cc1ccc(NC(=O)C2C(=O)N(c3ccc(C)c(C)c3)C(=O)/C2=N\O)cc1C. The molecule has 0 aliphatic carbocycles. The lowest BCUT2D eigenvalue weighted by Gasteiger charge is -2.15. The van der Waals surface area contributed by atoms with E-state index in [9.17, 15) is 19.6 Å². The predicted octanol–water partition coefficient (Wildman–Crippen LogP) is 2.88. The first kappa shape index (κ1) is 19.3. The van der Waals surface area contributed by atoms with Crippen molar-refractivity contribution in [3.8, 4) is 0 Å². The summed E-state index contributed by atoms with van der Waals surface area (Å²) in [5, 5.41) is 14.9. The van der Waals surface area contributed by atoms with Gasteiger partial charge in [0.2, 0.25) is 5.91 Å². The van der Waals surface area contributed by atoms with E-state index in [2.05, 4.69) is 10.5 Å². The normalized spacial score (nSPS) is 18.1. The summed E-state index contributed by atoms with van der Waals surface area (Å²) in [7, 11) is 0. The Morgan fingerprint density at radius 3 is 2.14 bits per heavy atom. The van der Waals surface area contributed by atoms with E-state index in [4.69, 9.17) is 0 Å². The molecule has 7 nitrogen and oxygen atoms in total. The third-order valence-electron chi connectivity index (χ3n) is 5.06. The number of anilines is 2. The summed E-state index contributed by atoms with van der Waals surface area (Å²) in [6.45, 7) is 7.61. The molecule has 7 heteroatoms. The van der Waals surface area contributed by atoms with Crippen molar-refractivity contribution in [2.24, 2.45) is 11.1 Å². The Balaban J connectivity index is 1.93. The van der Waals surface area contributed by atoms with Gasteiger partial charge in [0.1, 0.15) is 0 Å². The van der Waals surface area contributed by atoms with Gasteiger partial charge < -0.3 is 10.5 Å². The lowest BCUT2D eigenvalue weighted by Crippen LogP contribution is -2.34. The molecule has 2 N–H and O–H groups in total. The first-order valence-corrected chi connectivity index (χ1v) is 8.80. The molecule has 0 bridgehead atoms. The number of oxime groups is 1. The Morgan fingerprint density at radius 2 is 1.57 bits per heavy atom. The quantitative estimate of drug-likeness (QED) is 0.371. The zero-order valence-electron chi connectivity index (χ0n) is 16.1. The van der Waals surface area contributed by atoms with Gasteiger partial charge in [-0.15, -0.1) is 0 Å². The summed E-state index contributed by atoms with van der Waals surface area (Å²) in [6.07, 6.45) is 0. The van der Waals surface area contributed by atoms with Gasteiger partial charge in [-0.2, -0.15) is 0 Å². The van der Waals surface area contributed by atoms with Gasteiger partial charge in [0, 0.05) is 5.69 Å². The third-order valence-corrected chi connectivity index (χ3v) is 5.06. The Kier molecular flexibility index (Phi) is 5.00. The molecular weight excluding hydrogens is 358 g/mol. The number of aryl methyl sites for hydroxylation is 4. The average Bonchev–Trinajstić information content (AvgIpc) is 2.90. The van der Waals surface area contributed by atoms with Gasteiger partial charge in [-0.3, -0.25) is 14.4 Å². The van der Waals surface area contributed by atoms with Crippen molar-refractivity contribution < 1.29 is 19.6 Å². The van der Waals surface area contributed by atoms with Gasteiger partial charge in [-0.25, -0.2) is 4.90 Å². The first-order valence-electron chi connectivity index (χ1n) is 8.80. The van der Waals surface area contributed by atoms with Gasteiger partial charge in [-0.05, 0) is 74.2 Å². The number of carbonyl (C=O) groups excluding carboxylic acids is 3. The summed E-state index contributed by atoms with van der Waals surface area (Å²) in [5.41, 5.74) is 4.26. The van der Waals surface area contributed by atoms with Crippen molar-refractivity contribution in [1.82, 2.24) is 0 Å². The molecule has 1 aliphatic heterocycles. The van der Waals surface area contributed by atoms with Crippen LogP contribution < -0.4 is 10.2 Å². The minimum atomic E-state index is -1.51. The van der Waals surface area contributed by atoms with Crippen LogP contribution in [0.25, 0.3) is 0 Å². The maximum absolute atomic E-state index is 12.9. The zero-order valence-corrected chi connectivity index (χ0v) is 16.1. The first-order chi connectivity index (χ1) is 13.2. The van der Waals surface area contributed by atoms with Gasteiger partial charge >= 0.3 is 0 Å². The molecule has 1 atom stereocenters. The summed E-state index contributed by atoms with van der Waals surface area (Å²) in [4.78, 5) is 39.1. The lowest BCUT2D eigenvalue weighted by atomic mass is 10.0. The van der Waals surface area contributed by atoms with Crippen molar-refractivity contribution in [3.05, 3.63) is 58.7 Å². The monoisotopic (exact) mass is 379 g/mol. The molecule has 0 radical (unpaired) electrons. The van der Waals surface area contributed by atoms with Crippen molar-refractivity contribution in [2.75, 3.05) is 10.2 Å². The fourth-order valence-electron chi connectivity index (χ4n) is 3.06. The van der Waals surface area contributed by atoms with Gasteiger partial charge in [0.05, 0.1) is 5.69 Å². The molecule has 1 aliphatic rings. The van der Waals surface area contributed by atoms with E-state index in [-0.39, 0.29) is 0 Å². The second-order valence-electron chi connectivity index (χ2n) is 6.95. The van der Waals surface area contributed by atoms with Crippen LogP contribution in [0.3, 0.4) is 0 Å². The minimum absolute atomic E-state index is 0.334. The van der Waals surface area contributed by atoms with E-state index >= 15 is 0 Å². The van der Waals surface area contributed by atoms with Crippen LogP contribution in [0.2, 0.25) is 0 Å². The number of nitrogens with one attached hydrogen (secondary N) is 1. The Morgan fingerprint density at radius 1 is 0.964 bits per heavy atom. The summed E-state index contributed by atoms with van der Waals surface area (Å²) in [5.74, 6) is -3.79. The molecule has 28 heavy (non-hydrogen) atoms. The standard InChI is InChI=1S/C21H21N3O4/c1-11-5-7-15(9-13(11)3)22-19(25)17-18(23-28)21(27)24(20(17)26)16-8-6-12(2)14(4)10-16/h5-10,17,28H,1-4H3,(H,22,25)/b23-18-. The summed E-state index contributed by atoms with van der Waals surface area (Å²) < 4.78 is 0. The predicted molar refractivity (Wildman–Crippen MR) is 106 cm³/mol. The van der Waals surface area contributed by atoms with Crippen LogP contribution in [0.5, 0.6) is 0 Å². The molecule has 3 amide bonds. The average molecular weight is 379 g/mol. The maximum Gasteiger partial charge on any atom is 0.284 e. The molecule has 1 heterocycles. The van der Waals surface area contributed by atoms with Crippen LogP contribution in [0.4, 0.5) is 11.4 Å². The van der Waals surface area contributed by atoms with Crippen LogP contribution in [-0.2, 0) is 14.4 Å². The number of rotatable bonds is 3. The maximum atomic E-state index is 12.9. The van der Waals surface area contributed by atoms with Crippen molar-refractivity contribution in [2.45, 2.75) is 27.7 Å². The van der Waals surface area contributed by atoms with Crippen LogP contribution in [0.15, 0.2) is 41.6 Å². The fraction of sp³-hybridized carbons (Fsp3) is 0.238. The van der Waals surface area contributed by atoms with Crippen molar-refractivity contribution in [1.29, 1.82) is 0 Å². The van der Waals surface area contributed by atoms with E-state index in [1.165, 1.54) is 0 Å². The molecule has 1 fully saturated rings. The van der Waals surface area contributed by atoms with Gasteiger partial charge in [0.25, 0.3) is 11.8 Å². The van der Waals surface area contributed by atoms with Crippen molar-refractivity contribution >= 4 is 34.8 Å². The lowest BCUT2D eigenvalue weighted by molar-refractivity contribution is -0.127. The largest absolute Gasteiger partial charge is 0.410 e. The zero-order chi connectivity index (χ0) is 20.6. The highest BCUT2D eigenvalue weighted by Crippen LogP contribution is 2.28. The highest BCUT2D eigenvalue weighted by atomic mass is 16.4. The number of carbonyl (C=O) groups is 3. The third kappa shape index (κ3) is 3.26. The molecule has 2 aromatic rings. The molecule has 0 spiro atoms. The molecule has 0 aromatic heterocycles. The van der Waals surface area contributed by atoms with Gasteiger partial charge in [0.15, 0.2) is 11.6 Å². The van der Waals surface area contributed by atoms with Crippen LogP contribution in [0.1, 0.15) is 22.3 Å². The number of hydrogen-bond acceptors (Lipinski definition) is 5. The number of benzene rings is 2. The molecule has 3 rings (SSSR count). The number of amides is 3. The molecular formula is C21H21N3O4. The van der Waals surface area contributed by atoms with Gasteiger partial charge in [-0.1, -0.05) is 17.3 Å². The minimum Gasteiger partial charge on any atom is -0.410 e. The highest BCUT2D eigenvalue weighted by molar-refractivity contribution is 6.61. The Bertz CT molecular complexity index is 1030. The fourth-order valence-corrected chi connectivity index (χ4v) is 3.06. The number of imide groups is 1. The summed E-state index contributed by atoms with van der Waals surface area (Å²) in [6, 6.07) is 10.4. The van der Waals surface area contributed by atoms with Crippen LogP contribution in [0, 0.1) is 33.6 Å². The second kappa shape index (κ2) is 7.26. The van der Waals surface area contributed by atoms with Crippen molar-refractivity contribution in [3.63, 3.8) is 0 Å². The molecule has 1 saturated heterocycles. The van der Waals surface area contributed by atoms with E-state index in [0.29, 0.717) is 11.4 Å². The Hall–Kier alpha value is -3.48. The summed E-state index contributed by atoms with van der Waals surface area (Å²) >= 11 is 0. The Labute approximate surface area is 162 Å². The molecule has 0 saturated carbocycles. The van der Waals surface area contributed by atoms with Crippen LogP contribution in [-0.4, -0.2) is 28.6 Å².